The van der Waals surface area contributed by atoms with Gasteiger partial charge in [0.05, 0.1) is 7.11 Å². The molecule has 0 aliphatic rings. The topological polar surface area (TPSA) is 98.4 Å². The highest BCUT2D eigenvalue weighted by molar-refractivity contribution is 5.97. The van der Waals surface area contributed by atoms with Crippen molar-refractivity contribution in [2.45, 2.75) is 0 Å². The number of amides is 1. The standard InChI is InChI=1S/C9H12N4O3/c1-13(5-6(14)16-2)9(15)7-8(10)12-4-3-11-7/h3-4H,5H2,1-2H3,(H2,10,12). The summed E-state index contributed by atoms with van der Waals surface area (Å²) in [7, 11) is 2.70. The summed E-state index contributed by atoms with van der Waals surface area (Å²) in [5.41, 5.74) is 5.51. The van der Waals surface area contributed by atoms with E-state index in [1.54, 1.807) is 0 Å². The van der Waals surface area contributed by atoms with Crippen LogP contribution >= 0.6 is 0 Å². The Bertz CT molecular complexity index is 407. The van der Waals surface area contributed by atoms with E-state index >= 15 is 0 Å². The van der Waals surface area contributed by atoms with Gasteiger partial charge in [0.2, 0.25) is 0 Å². The van der Waals surface area contributed by atoms with E-state index in [1.165, 1.54) is 26.6 Å². The molecule has 7 nitrogen and oxygen atoms in total. The molecule has 0 unspecified atom stereocenters. The Morgan fingerprint density at radius 1 is 1.44 bits per heavy atom. The third kappa shape index (κ3) is 2.66. The second-order valence-electron chi connectivity index (χ2n) is 3.03. The van der Waals surface area contributed by atoms with Gasteiger partial charge in [-0.15, -0.1) is 0 Å². The van der Waals surface area contributed by atoms with Crippen molar-refractivity contribution in [2.24, 2.45) is 0 Å². The van der Waals surface area contributed by atoms with Crippen LogP contribution in [0.2, 0.25) is 0 Å². The van der Waals surface area contributed by atoms with Crippen molar-refractivity contribution in [1.29, 1.82) is 0 Å². The van der Waals surface area contributed by atoms with Crippen molar-refractivity contribution in [3.8, 4) is 0 Å². The summed E-state index contributed by atoms with van der Waals surface area (Å²) >= 11 is 0. The molecule has 1 aromatic rings. The lowest BCUT2D eigenvalue weighted by Crippen LogP contribution is -2.33. The first-order valence-electron chi connectivity index (χ1n) is 4.45. The van der Waals surface area contributed by atoms with E-state index in [4.69, 9.17) is 5.73 Å². The third-order valence-electron chi connectivity index (χ3n) is 1.87. The minimum Gasteiger partial charge on any atom is -0.468 e. The van der Waals surface area contributed by atoms with Crippen LogP contribution in [0.3, 0.4) is 0 Å². The molecular formula is C9H12N4O3. The number of nitrogens with two attached hydrogens (primary N) is 1. The Labute approximate surface area is 92.2 Å². The Morgan fingerprint density at radius 3 is 2.62 bits per heavy atom. The number of rotatable bonds is 3. The summed E-state index contributed by atoms with van der Waals surface area (Å²) in [5, 5.41) is 0. The quantitative estimate of drug-likeness (QED) is 0.682. The number of carbonyl (C=O) groups is 2. The van der Waals surface area contributed by atoms with Crippen molar-refractivity contribution >= 4 is 17.7 Å². The average Bonchev–Trinajstić information content (AvgIpc) is 2.28. The van der Waals surface area contributed by atoms with E-state index in [9.17, 15) is 9.59 Å². The van der Waals surface area contributed by atoms with Crippen LogP contribution in [0.1, 0.15) is 10.5 Å². The molecule has 0 atom stereocenters. The molecule has 0 aromatic carbocycles. The van der Waals surface area contributed by atoms with Crippen LogP contribution in [0.25, 0.3) is 0 Å². The Morgan fingerprint density at radius 2 is 2.06 bits per heavy atom. The van der Waals surface area contributed by atoms with Crippen LogP contribution in [0.5, 0.6) is 0 Å². The van der Waals surface area contributed by atoms with E-state index < -0.39 is 11.9 Å². The van der Waals surface area contributed by atoms with Crippen molar-refractivity contribution in [3.63, 3.8) is 0 Å². The Kier molecular flexibility index (Phi) is 3.76. The highest BCUT2D eigenvalue weighted by atomic mass is 16.5. The average molecular weight is 224 g/mol. The molecule has 0 saturated carbocycles. The highest BCUT2D eigenvalue weighted by Gasteiger charge is 2.18. The lowest BCUT2D eigenvalue weighted by molar-refractivity contribution is -0.141. The minimum atomic E-state index is -0.515. The number of carbonyl (C=O) groups excluding carboxylic acids is 2. The first kappa shape index (κ1) is 11.9. The molecule has 1 heterocycles. The van der Waals surface area contributed by atoms with Gasteiger partial charge in [0.1, 0.15) is 6.54 Å². The number of hydrogen-bond acceptors (Lipinski definition) is 6. The van der Waals surface area contributed by atoms with Crippen LogP contribution in [0.15, 0.2) is 12.4 Å². The molecule has 0 fully saturated rings. The molecular weight excluding hydrogens is 212 g/mol. The van der Waals surface area contributed by atoms with E-state index in [-0.39, 0.29) is 18.1 Å². The highest BCUT2D eigenvalue weighted by Crippen LogP contribution is 2.06. The van der Waals surface area contributed by atoms with Gasteiger partial charge in [-0.05, 0) is 0 Å². The summed E-state index contributed by atoms with van der Waals surface area (Å²) in [4.78, 5) is 31.4. The van der Waals surface area contributed by atoms with Gasteiger partial charge < -0.3 is 15.4 Å². The van der Waals surface area contributed by atoms with Crippen molar-refractivity contribution in [2.75, 3.05) is 26.4 Å². The number of nitrogen functional groups attached to an aromatic ring is 1. The maximum absolute atomic E-state index is 11.8. The van der Waals surface area contributed by atoms with Crippen LogP contribution in [-0.4, -0.2) is 47.4 Å². The molecule has 1 amide bonds. The van der Waals surface area contributed by atoms with Gasteiger partial charge in [-0.1, -0.05) is 0 Å². The molecule has 1 rings (SSSR count). The van der Waals surface area contributed by atoms with Gasteiger partial charge in [0.25, 0.3) is 5.91 Å². The predicted molar refractivity (Wildman–Crippen MR) is 55.4 cm³/mol. The monoisotopic (exact) mass is 224 g/mol. The summed E-state index contributed by atoms with van der Waals surface area (Å²) in [5.74, 6) is -0.960. The number of methoxy groups -OCH3 is 1. The zero-order valence-corrected chi connectivity index (χ0v) is 9.01. The number of esters is 1. The SMILES string of the molecule is COC(=O)CN(C)C(=O)c1nccnc1N. The molecule has 2 N–H and O–H groups in total. The maximum atomic E-state index is 11.8. The number of anilines is 1. The lowest BCUT2D eigenvalue weighted by atomic mass is 10.3. The fourth-order valence-corrected chi connectivity index (χ4v) is 1.02. The van der Waals surface area contributed by atoms with Gasteiger partial charge in [0, 0.05) is 19.4 Å². The van der Waals surface area contributed by atoms with E-state index in [0.29, 0.717) is 0 Å². The van der Waals surface area contributed by atoms with Crippen LogP contribution in [0, 0.1) is 0 Å². The fraction of sp³-hybridized carbons (Fsp3) is 0.333. The summed E-state index contributed by atoms with van der Waals surface area (Å²) in [6.45, 7) is -0.161. The van der Waals surface area contributed by atoms with Gasteiger partial charge in [-0.3, -0.25) is 9.59 Å². The molecule has 0 bridgehead atoms. The molecule has 7 heteroatoms. The minimum absolute atomic E-state index is 0.0221. The number of hydrogen-bond donors (Lipinski definition) is 1. The molecule has 86 valence electrons. The number of aromatic nitrogens is 2. The molecule has 0 saturated heterocycles. The zero-order chi connectivity index (χ0) is 12.1. The fourth-order valence-electron chi connectivity index (χ4n) is 1.02. The second kappa shape index (κ2) is 5.06. The third-order valence-corrected chi connectivity index (χ3v) is 1.87. The normalized spacial score (nSPS) is 9.62. The number of likely N-dealkylation sites (N-methyl/N-ethyl adjacent to an activating group) is 1. The Balaban J connectivity index is 2.79. The molecule has 16 heavy (non-hydrogen) atoms. The summed E-state index contributed by atoms with van der Waals surface area (Å²) < 4.78 is 4.44. The number of ether oxygens (including phenoxy) is 1. The molecule has 0 spiro atoms. The molecule has 0 aliphatic carbocycles. The second-order valence-corrected chi connectivity index (χ2v) is 3.03. The van der Waals surface area contributed by atoms with Crippen molar-refractivity contribution in [1.82, 2.24) is 14.9 Å². The molecule has 1 aromatic heterocycles. The maximum Gasteiger partial charge on any atom is 0.325 e. The van der Waals surface area contributed by atoms with E-state index in [1.807, 2.05) is 0 Å². The predicted octanol–water partition coefficient (Wildman–Crippen LogP) is -0.696. The van der Waals surface area contributed by atoms with Crippen LogP contribution < -0.4 is 5.73 Å². The van der Waals surface area contributed by atoms with Crippen LogP contribution in [-0.2, 0) is 9.53 Å². The summed E-state index contributed by atoms with van der Waals surface area (Å²) in [6, 6.07) is 0. The van der Waals surface area contributed by atoms with Gasteiger partial charge >= 0.3 is 5.97 Å². The van der Waals surface area contributed by atoms with Gasteiger partial charge in [0.15, 0.2) is 11.5 Å². The first-order chi connectivity index (χ1) is 7.56. The van der Waals surface area contributed by atoms with Gasteiger partial charge in [-0.2, -0.15) is 0 Å². The van der Waals surface area contributed by atoms with Crippen LogP contribution in [0.4, 0.5) is 5.82 Å². The van der Waals surface area contributed by atoms with Gasteiger partial charge in [-0.25, -0.2) is 9.97 Å². The summed E-state index contributed by atoms with van der Waals surface area (Å²) in [6.07, 6.45) is 2.74. The smallest absolute Gasteiger partial charge is 0.325 e. The van der Waals surface area contributed by atoms with Crippen molar-refractivity contribution < 1.29 is 14.3 Å². The zero-order valence-electron chi connectivity index (χ0n) is 9.01. The van der Waals surface area contributed by atoms with E-state index in [0.717, 1.165) is 4.90 Å². The largest absolute Gasteiger partial charge is 0.468 e. The Hall–Kier alpha value is -2.18. The lowest BCUT2D eigenvalue weighted by Gasteiger charge is -2.15. The number of nitrogens with zero attached hydrogens (tertiary/aromatic N) is 3. The molecule has 0 radical (unpaired) electrons. The van der Waals surface area contributed by atoms with Crippen molar-refractivity contribution in [3.05, 3.63) is 18.1 Å². The van der Waals surface area contributed by atoms with E-state index in [2.05, 4.69) is 14.7 Å². The molecule has 0 aliphatic heterocycles. The first-order valence-corrected chi connectivity index (χ1v) is 4.45.